The van der Waals surface area contributed by atoms with Gasteiger partial charge in [-0.3, -0.25) is 4.79 Å². The van der Waals surface area contributed by atoms with Gasteiger partial charge in [0.05, 0.1) is 22.7 Å². The van der Waals surface area contributed by atoms with Crippen molar-refractivity contribution in [3.8, 4) is 0 Å². The molecule has 2 nitrogen and oxygen atoms in total. The van der Waals surface area contributed by atoms with E-state index in [4.69, 9.17) is 23.2 Å². The number of halogens is 6. The average molecular weight is 366 g/mol. The van der Waals surface area contributed by atoms with Gasteiger partial charge in [0.2, 0.25) is 5.91 Å². The Hall–Kier alpha value is -1.79. The fourth-order valence-corrected chi connectivity index (χ4v) is 2.25. The van der Waals surface area contributed by atoms with Gasteiger partial charge in [-0.05, 0) is 30.3 Å². The summed E-state index contributed by atoms with van der Waals surface area (Å²) < 4.78 is 51.6. The van der Waals surface area contributed by atoms with E-state index in [1.165, 1.54) is 12.1 Å². The van der Waals surface area contributed by atoms with Crippen LogP contribution in [-0.4, -0.2) is 5.91 Å². The first-order valence-electron chi connectivity index (χ1n) is 6.28. The third-order valence-corrected chi connectivity index (χ3v) is 3.65. The van der Waals surface area contributed by atoms with Crippen molar-refractivity contribution >= 4 is 34.8 Å². The summed E-state index contributed by atoms with van der Waals surface area (Å²) in [4.78, 5) is 11.9. The fourth-order valence-electron chi connectivity index (χ4n) is 1.85. The molecule has 0 atom stereocenters. The largest absolute Gasteiger partial charge is 0.416 e. The Morgan fingerprint density at radius 3 is 2.39 bits per heavy atom. The summed E-state index contributed by atoms with van der Waals surface area (Å²) in [5.74, 6) is -1.42. The van der Waals surface area contributed by atoms with Crippen LogP contribution in [0.15, 0.2) is 36.4 Å². The maximum absolute atomic E-state index is 13.6. The number of anilines is 1. The lowest BCUT2D eigenvalue weighted by molar-refractivity contribution is -0.137. The molecule has 1 amide bonds. The van der Waals surface area contributed by atoms with Crippen LogP contribution >= 0.6 is 23.2 Å². The Bertz CT molecular complexity index is 726. The molecule has 8 heteroatoms. The third kappa shape index (κ3) is 4.36. The number of amides is 1. The van der Waals surface area contributed by atoms with E-state index in [-0.39, 0.29) is 21.3 Å². The lowest BCUT2D eigenvalue weighted by atomic mass is 10.1. The highest BCUT2D eigenvalue weighted by molar-refractivity contribution is 6.34. The van der Waals surface area contributed by atoms with Gasteiger partial charge in [-0.25, -0.2) is 4.39 Å². The molecule has 0 aliphatic rings. The predicted molar refractivity (Wildman–Crippen MR) is 80.2 cm³/mol. The second kappa shape index (κ2) is 6.76. The number of alkyl halides is 3. The zero-order chi connectivity index (χ0) is 17.2. The van der Waals surface area contributed by atoms with E-state index in [9.17, 15) is 22.4 Å². The van der Waals surface area contributed by atoms with Gasteiger partial charge in [0.25, 0.3) is 0 Å². The Morgan fingerprint density at radius 2 is 1.78 bits per heavy atom. The third-order valence-electron chi connectivity index (χ3n) is 2.97. The van der Waals surface area contributed by atoms with E-state index >= 15 is 0 Å². The first kappa shape index (κ1) is 17.6. The standard InChI is InChI=1S/C15H9Cl2F4NO/c16-10-2-1-3-12(18)9(10)7-14(23)22-13-6-8(15(19,20)21)4-5-11(13)17/h1-6H,7H2,(H,22,23). The smallest absolute Gasteiger partial charge is 0.324 e. The average Bonchev–Trinajstić information content (AvgIpc) is 2.44. The van der Waals surface area contributed by atoms with Crippen LogP contribution in [0.25, 0.3) is 0 Å². The summed E-state index contributed by atoms with van der Waals surface area (Å²) in [7, 11) is 0. The minimum atomic E-state index is -4.57. The zero-order valence-electron chi connectivity index (χ0n) is 11.3. The van der Waals surface area contributed by atoms with E-state index in [0.717, 1.165) is 18.2 Å². The van der Waals surface area contributed by atoms with Crippen molar-refractivity contribution in [1.29, 1.82) is 0 Å². The van der Waals surface area contributed by atoms with Crippen molar-refractivity contribution in [2.24, 2.45) is 0 Å². The highest BCUT2D eigenvalue weighted by Crippen LogP contribution is 2.34. The molecule has 0 bridgehead atoms. The number of hydrogen-bond acceptors (Lipinski definition) is 1. The predicted octanol–water partition coefficient (Wildman–Crippen LogP) is 5.33. The molecule has 0 aliphatic heterocycles. The van der Waals surface area contributed by atoms with Crippen molar-refractivity contribution < 1.29 is 22.4 Å². The highest BCUT2D eigenvalue weighted by atomic mass is 35.5. The monoisotopic (exact) mass is 365 g/mol. The Morgan fingerprint density at radius 1 is 1.09 bits per heavy atom. The van der Waals surface area contributed by atoms with E-state index in [2.05, 4.69) is 5.32 Å². The normalized spacial score (nSPS) is 11.4. The number of carbonyl (C=O) groups is 1. The maximum Gasteiger partial charge on any atom is 0.416 e. The van der Waals surface area contributed by atoms with Crippen LogP contribution in [0.1, 0.15) is 11.1 Å². The second-order valence-electron chi connectivity index (χ2n) is 4.62. The molecule has 0 aromatic heterocycles. The fraction of sp³-hybridized carbons (Fsp3) is 0.133. The maximum atomic E-state index is 13.6. The van der Waals surface area contributed by atoms with Crippen molar-refractivity contribution in [3.63, 3.8) is 0 Å². The summed E-state index contributed by atoms with van der Waals surface area (Å²) in [6.07, 6.45) is -5.00. The molecule has 1 N–H and O–H groups in total. The van der Waals surface area contributed by atoms with Crippen LogP contribution < -0.4 is 5.32 Å². The molecule has 2 aromatic carbocycles. The molecular formula is C15H9Cl2F4NO. The topological polar surface area (TPSA) is 29.1 Å². The highest BCUT2D eigenvalue weighted by Gasteiger charge is 2.31. The number of nitrogens with one attached hydrogen (secondary N) is 1. The van der Waals surface area contributed by atoms with Crippen LogP contribution in [-0.2, 0) is 17.4 Å². The van der Waals surface area contributed by atoms with Crippen LogP contribution in [0.3, 0.4) is 0 Å². The van der Waals surface area contributed by atoms with Gasteiger partial charge < -0.3 is 5.32 Å². The molecule has 0 unspecified atom stereocenters. The molecule has 0 radical (unpaired) electrons. The van der Waals surface area contributed by atoms with Crippen molar-refractivity contribution in [2.45, 2.75) is 12.6 Å². The van der Waals surface area contributed by atoms with E-state index in [1.807, 2.05) is 0 Å². The summed E-state index contributed by atoms with van der Waals surface area (Å²) in [5, 5.41) is 2.22. The van der Waals surface area contributed by atoms with Crippen LogP contribution in [0.5, 0.6) is 0 Å². The molecule has 0 saturated heterocycles. The van der Waals surface area contributed by atoms with Gasteiger partial charge >= 0.3 is 6.18 Å². The number of hydrogen-bond donors (Lipinski definition) is 1. The molecule has 2 rings (SSSR count). The zero-order valence-corrected chi connectivity index (χ0v) is 12.9. The molecule has 2 aromatic rings. The lowest BCUT2D eigenvalue weighted by Crippen LogP contribution is -2.16. The molecule has 0 aliphatic carbocycles. The molecule has 0 heterocycles. The Balaban J connectivity index is 2.21. The molecule has 0 saturated carbocycles. The first-order valence-corrected chi connectivity index (χ1v) is 7.03. The summed E-state index contributed by atoms with van der Waals surface area (Å²) in [6.45, 7) is 0. The van der Waals surface area contributed by atoms with Gasteiger partial charge in [0.1, 0.15) is 5.82 Å². The summed E-state index contributed by atoms with van der Waals surface area (Å²) >= 11 is 11.6. The van der Waals surface area contributed by atoms with E-state index < -0.39 is 29.9 Å². The SMILES string of the molecule is O=C(Cc1c(F)cccc1Cl)Nc1cc(C(F)(F)F)ccc1Cl. The Kier molecular flexibility index (Phi) is 5.16. The quantitative estimate of drug-likeness (QED) is 0.731. The molecular weight excluding hydrogens is 357 g/mol. The molecule has 122 valence electrons. The van der Waals surface area contributed by atoms with Crippen LogP contribution in [0.4, 0.5) is 23.2 Å². The van der Waals surface area contributed by atoms with E-state index in [0.29, 0.717) is 6.07 Å². The molecule has 0 fully saturated rings. The van der Waals surface area contributed by atoms with E-state index in [1.54, 1.807) is 0 Å². The molecule has 23 heavy (non-hydrogen) atoms. The summed E-state index contributed by atoms with van der Waals surface area (Å²) in [6, 6.07) is 6.45. The van der Waals surface area contributed by atoms with Gasteiger partial charge in [-0.2, -0.15) is 13.2 Å². The van der Waals surface area contributed by atoms with Crippen LogP contribution in [0, 0.1) is 5.82 Å². The minimum absolute atomic E-state index is 0.0465. The van der Waals surface area contributed by atoms with Gasteiger partial charge in [-0.15, -0.1) is 0 Å². The Labute approximate surface area is 139 Å². The number of carbonyl (C=O) groups excluding carboxylic acids is 1. The number of benzene rings is 2. The van der Waals surface area contributed by atoms with Crippen LogP contribution in [0.2, 0.25) is 10.0 Å². The first-order chi connectivity index (χ1) is 10.7. The van der Waals surface area contributed by atoms with Gasteiger partial charge in [-0.1, -0.05) is 29.3 Å². The lowest BCUT2D eigenvalue weighted by Gasteiger charge is -2.12. The summed E-state index contributed by atoms with van der Waals surface area (Å²) in [5.41, 5.74) is -1.21. The van der Waals surface area contributed by atoms with Crippen molar-refractivity contribution in [1.82, 2.24) is 0 Å². The van der Waals surface area contributed by atoms with Gasteiger partial charge in [0.15, 0.2) is 0 Å². The van der Waals surface area contributed by atoms with Gasteiger partial charge in [0, 0.05) is 10.6 Å². The molecule has 0 spiro atoms. The number of rotatable bonds is 3. The van der Waals surface area contributed by atoms with Crippen molar-refractivity contribution in [3.05, 3.63) is 63.4 Å². The second-order valence-corrected chi connectivity index (χ2v) is 5.43. The van der Waals surface area contributed by atoms with Crippen molar-refractivity contribution in [2.75, 3.05) is 5.32 Å². The minimum Gasteiger partial charge on any atom is -0.324 e.